The Bertz CT molecular complexity index is 1080. The molecular formula is C20H18BrN5O. The molecule has 1 aliphatic rings. The molecule has 3 heterocycles. The fourth-order valence-corrected chi connectivity index (χ4v) is 4.03. The molecule has 0 N–H and O–H groups in total. The summed E-state index contributed by atoms with van der Waals surface area (Å²) in [6.45, 7) is 4.19. The molecule has 0 radical (unpaired) electrons. The highest BCUT2D eigenvalue weighted by Gasteiger charge is 2.19. The first-order valence-corrected chi connectivity index (χ1v) is 9.56. The van der Waals surface area contributed by atoms with Gasteiger partial charge in [-0.2, -0.15) is 5.26 Å². The van der Waals surface area contributed by atoms with E-state index < -0.39 is 0 Å². The third-order valence-corrected chi connectivity index (χ3v) is 5.51. The first kappa shape index (κ1) is 17.7. The Morgan fingerprint density at radius 2 is 1.96 bits per heavy atom. The maximum absolute atomic E-state index is 12.1. The van der Waals surface area contributed by atoms with Gasteiger partial charge in [0.25, 0.3) is 0 Å². The molecule has 0 atom stereocenters. The molecule has 3 aromatic rings. The van der Waals surface area contributed by atoms with E-state index in [9.17, 15) is 4.79 Å². The summed E-state index contributed by atoms with van der Waals surface area (Å²) in [6, 6.07) is 13.1. The Labute approximate surface area is 165 Å². The summed E-state index contributed by atoms with van der Waals surface area (Å²) < 4.78 is 3.04. The van der Waals surface area contributed by atoms with E-state index in [4.69, 9.17) is 5.26 Å². The molecule has 0 spiro atoms. The third-order valence-electron chi connectivity index (χ3n) is 4.87. The van der Waals surface area contributed by atoms with E-state index >= 15 is 0 Å². The lowest BCUT2D eigenvalue weighted by Gasteiger charge is -2.36. The summed E-state index contributed by atoms with van der Waals surface area (Å²) in [6.07, 6.45) is 3.55. The Hall–Kier alpha value is -2.69. The highest BCUT2D eigenvalue weighted by Crippen LogP contribution is 2.22. The zero-order valence-electron chi connectivity index (χ0n) is 14.7. The number of fused-ring (bicyclic) bond motifs is 1. The molecule has 2 aromatic heterocycles. The zero-order valence-corrected chi connectivity index (χ0v) is 16.3. The topological polar surface area (TPSA) is 65.2 Å². The van der Waals surface area contributed by atoms with Crippen LogP contribution in [-0.4, -0.2) is 40.6 Å². The van der Waals surface area contributed by atoms with E-state index in [1.54, 1.807) is 18.3 Å². The van der Waals surface area contributed by atoms with Crippen LogP contribution in [0.2, 0.25) is 0 Å². The van der Waals surface area contributed by atoms with Crippen molar-refractivity contribution in [2.24, 2.45) is 0 Å². The van der Waals surface area contributed by atoms with Crippen LogP contribution in [0.5, 0.6) is 0 Å². The van der Waals surface area contributed by atoms with Crippen LogP contribution in [0.3, 0.4) is 0 Å². The molecular weight excluding hydrogens is 406 g/mol. The van der Waals surface area contributed by atoms with Crippen molar-refractivity contribution in [1.82, 2.24) is 14.5 Å². The smallest absolute Gasteiger partial charge is 0.189 e. The summed E-state index contributed by atoms with van der Waals surface area (Å²) in [5.41, 5.74) is 1.60. The van der Waals surface area contributed by atoms with E-state index in [0.29, 0.717) is 5.56 Å². The molecule has 0 saturated carbocycles. The van der Waals surface area contributed by atoms with E-state index in [1.807, 2.05) is 30.5 Å². The molecule has 0 bridgehead atoms. The summed E-state index contributed by atoms with van der Waals surface area (Å²) in [5, 5.41) is 9.79. The molecule has 0 aliphatic carbocycles. The Kier molecular flexibility index (Phi) is 4.92. The maximum Gasteiger partial charge on any atom is 0.189 e. The van der Waals surface area contributed by atoms with Gasteiger partial charge < -0.3 is 9.47 Å². The Morgan fingerprint density at radius 3 is 2.74 bits per heavy atom. The number of aromatic nitrogens is 2. The van der Waals surface area contributed by atoms with E-state index in [-0.39, 0.29) is 5.43 Å². The number of anilines is 1. The second-order valence-electron chi connectivity index (χ2n) is 6.55. The number of pyridine rings is 2. The van der Waals surface area contributed by atoms with Gasteiger partial charge in [-0.25, -0.2) is 4.98 Å². The first-order chi connectivity index (χ1) is 13.2. The quantitative estimate of drug-likeness (QED) is 0.647. The van der Waals surface area contributed by atoms with Gasteiger partial charge in [0, 0.05) is 54.5 Å². The molecule has 7 heteroatoms. The van der Waals surface area contributed by atoms with E-state index in [2.05, 4.69) is 41.4 Å². The maximum atomic E-state index is 12.1. The van der Waals surface area contributed by atoms with E-state index in [1.165, 1.54) is 0 Å². The zero-order chi connectivity index (χ0) is 18.8. The number of para-hydroxylation sites is 1. The normalized spacial score (nSPS) is 15.0. The molecule has 6 nitrogen and oxygen atoms in total. The lowest BCUT2D eigenvalue weighted by atomic mass is 10.2. The fraction of sp³-hybridized carbons (Fsp3) is 0.250. The summed E-state index contributed by atoms with van der Waals surface area (Å²) in [5.74, 6) is 0.852. The minimum atomic E-state index is 0.0378. The number of hydrogen-bond acceptors (Lipinski definition) is 5. The van der Waals surface area contributed by atoms with Gasteiger partial charge in [-0.1, -0.05) is 6.07 Å². The predicted molar refractivity (Wildman–Crippen MR) is 109 cm³/mol. The second kappa shape index (κ2) is 7.51. The summed E-state index contributed by atoms with van der Waals surface area (Å²) >= 11 is 3.58. The third kappa shape index (κ3) is 3.59. The van der Waals surface area contributed by atoms with Crippen LogP contribution < -0.4 is 10.3 Å². The average Bonchev–Trinajstić information content (AvgIpc) is 2.71. The van der Waals surface area contributed by atoms with Crippen LogP contribution in [0, 0.1) is 11.3 Å². The van der Waals surface area contributed by atoms with Gasteiger partial charge >= 0.3 is 0 Å². The summed E-state index contributed by atoms with van der Waals surface area (Å²) in [4.78, 5) is 21.1. The highest BCUT2D eigenvalue weighted by molar-refractivity contribution is 9.10. The summed E-state index contributed by atoms with van der Waals surface area (Å²) in [7, 11) is 0. The predicted octanol–water partition coefficient (Wildman–Crippen LogP) is 2.81. The van der Waals surface area contributed by atoms with Crippen molar-refractivity contribution in [3.63, 3.8) is 0 Å². The first-order valence-electron chi connectivity index (χ1n) is 8.77. The molecule has 1 fully saturated rings. The fourth-order valence-electron chi connectivity index (χ4n) is 3.44. The van der Waals surface area contributed by atoms with Crippen LogP contribution in [-0.2, 0) is 6.67 Å². The molecule has 1 aliphatic heterocycles. The van der Waals surface area contributed by atoms with Crippen molar-refractivity contribution in [2.75, 3.05) is 31.1 Å². The Balaban J connectivity index is 1.50. The van der Waals surface area contributed by atoms with Crippen molar-refractivity contribution in [3.8, 4) is 6.07 Å². The minimum absolute atomic E-state index is 0.0378. The van der Waals surface area contributed by atoms with Crippen molar-refractivity contribution >= 4 is 32.7 Å². The Morgan fingerprint density at radius 1 is 1.15 bits per heavy atom. The average molecular weight is 424 g/mol. The number of halogens is 1. The monoisotopic (exact) mass is 423 g/mol. The number of piperazine rings is 1. The lowest BCUT2D eigenvalue weighted by Crippen LogP contribution is -2.47. The van der Waals surface area contributed by atoms with Gasteiger partial charge in [-0.15, -0.1) is 0 Å². The molecule has 27 heavy (non-hydrogen) atoms. The van der Waals surface area contributed by atoms with Gasteiger partial charge in [-0.05, 0) is 40.2 Å². The molecule has 0 unspecified atom stereocenters. The van der Waals surface area contributed by atoms with Crippen LogP contribution in [0.15, 0.2) is 58.1 Å². The largest absolute Gasteiger partial charge is 0.354 e. The van der Waals surface area contributed by atoms with Gasteiger partial charge in [0.05, 0.1) is 23.8 Å². The number of benzene rings is 1. The molecule has 1 aromatic carbocycles. The molecule has 1 saturated heterocycles. The van der Waals surface area contributed by atoms with Crippen LogP contribution >= 0.6 is 15.9 Å². The second-order valence-corrected chi connectivity index (χ2v) is 7.40. The van der Waals surface area contributed by atoms with Gasteiger partial charge in [0.1, 0.15) is 5.82 Å². The number of rotatable bonds is 3. The van der Waals surface area contributed by atoms with Crippen LogP contribution in [0.1, 0.15) is 5.56 Å². The minimum Gasteiger partial charge on any atom is -0.354 e. The van der Waals surface area contributed by atoms with E-state index in [0.717, 1.165) is 54.0 Å². The van der Waals surface area contributed by atoms with Gasteiger partial charge in [0.2, 0.25) is 0 Å². The van der Waals surface area contributed by atoms with Crippen molar-refractivity contribution in [2.45, 2.75) is 6.67 Å². The van der Waals surface area contributed by atoms with Gasteiger partial charge in [0.15, 0.2) is 5.43 Å². The molecule has 4 rings (SSSR count). The molecule has 0 amide bonds. The van der Waals surface area contributed by atoms with Crippen molar-refractivity contribution in [3.05, 3.63) is 69.1 Å². The van der Waals surface area contributed by atoms with Crippen LogP contribution in [0.25, 0.3) is 10.9 Å². The van der Waals surface area contributed by atoms with Crippen LogP contribution in [0.4, 0.5) is 5.82 Å². The number of nitriles is 1. The van der Waals surface area contributed by atoms with Crippen molar-refractivity contribution < 1.29 is 0 Å². The van der Waals surface area contributed by atoms with Crippen molar-refractivity contribution in [1.29, 1.82) is 5.26 Å². The SMILES string of the molecule is N#Cc1ccnc(N2CCN(Cn3ccc(=O)c4cccc(Br)c43)CC2)c1. The number of nitrogens with zero attached hydrogens (tertiary/aromatic N) is 5. The standard InChI is InChI=1S/C20H18BrN5O/c21-17-3-1-2-16-18(27)5-7-26(20(16)17)14-24-8-10-25(11-9-24)19-12-15(13-22)4-6-23-19/h1-7,12H,8-11,14H2. The highest BCUT2D eigenvalue weighted by atomic mass is 79.9. The number of hydrogen-bond donors (Lipinski definition) is 0. The lowest BCUT2D eigenvalue weighted by molar-refractivity contribution is 0.208. The molecule has 136 valence electrons. The van der Waals surface area contributed by atoms with Gasteiger partial charge in [-0.3, -0.25) is 9.69 Å².